The van der Waals surface area contributed by atoms with Gasteiger partial charge in [0.2, 0.25) is 11.8 Å². The number of anilines is 1. The lowest BCUT2D eigenvalue weighted by atomic mass is 10.1. The zero-order valence-electron chi connectivity index (χ0n) is 15.0. The van der Waals surface area contributed by atoms with E-state index in [4.69, 9.17) is 0 Å². The maximum absolute atomic E-state index is 12.9. The molecule has 0 radical (unpaired) electrons. The van der Waals surface area contributed by atoms with Crippen LogP contribution in [0.4, 0.5) is 5.69 Å². The van der Waals surface area contributed by atoms with Gasteiger partial charge < -0.3 is 20.1 Å². The number of benzene rings is 1. The number of aromatic amines is 1. The molecule has 1 aromatic carbocycles. The zero-order chi connectivity index (χ0) is 18.8. The molecule has 1 aromatic heterocycles. The Bertz CT molecular complexity index is 875. The van der Waals surface area contributed by atoms with E-state index >= 15 is 0 Å². The van der Waals surface area contributed by atoms with Gasteiger partial charge in [-0.3, -0.25) is 14.4 Å². The second-order valence-electron chi connectivity index (χ2n) is 7.02. The monoisotopic (exact) mass is 366 g/mol. The van der Waals surface area contributed by atoms with E-state index in [-0.39, 0.29) is 17.7 Å². The lowest BCUT2D eigenvalue weighted by Crippen LogP contribution is -2.38. The number of aromatic nitrogens is 1. The number of rotatable bonds is 3. The average Bonchev–Trinajstić information content (AvgIpc) is 3.21. The van der Waals surface area contributed by atoms with Crippen LogP contribution in [0.15, 0.2) is 36.7 Å². The summed E-state index contributed by atoms with van der Waals surface area (Å²) in [6.07, 6.45) is 5.10. The first-order valence-electron chi connectivity index (χ1n) is 9.21. The first-order chi connectivity index (χ1) is 13.1. The third kappa shape index (κ3) is 3.72. The van der Waals surface area contributed by atoms with Gasteiger partial charge in [-0.25, -0.2) is 0 Å². The molecule has 1 fully saturated rings. The fourth-order valence-corrected chi connectivity index (χ4v) is 3.67. The standard InChI is InChI=1S/C20H22N4O3/c25-18-12-16-11-15(2-3-17(16)22-18)20(27)24-7-1-6-23(8-9-24)19(26)10-14-4-5-21-13-14/h2-5,11,13,21H,1,6-10,12H2,(H,22,25). The van der Waals surface area contributed by atoms with Crippen LogP contribution in [0.1, 0.15) is 27.9 Å². The molecule has 3 heterocycles. The third-order valence-electron chi connectivity index (χ3n) is 5.13. The minimum Gasteiger partial charge on any atom is -0.367 e. The third-order valence-corrected chi connectivity index (χ3v) is 5.13. The van der Waals surface area contributed by atoms with Crippen LogP contribution in [0, 0.1) is 0 Å². The van der Waals surface area contributed by atoms with Crippen LogP contribution in [-0.4, -0.2) is 58.7 Å². The lowest BCUT2D eigenvalue weighted by molar-refractivity contribution is -0.130. The molecule has 2 N–H and O–H groups in total. The molecule has 140 valence electrons. The zero-order valence-corrected chi connectivity index (χ0v) is 15.0. The predicted molar refractivity (Wildman–Crippen MR) is 100 cm³/mol. The number of nitrogens with one attached hydrogen (secondary N) is 2. The summed E-state index contributed by atoms with van der Waals surface area (Å²) in [6.45, 7) is 2.35. The molecule has 0 unspecified atom stereocenters. The molecule has 7 heteroatoms. The Balaban J connectivity index is 1.39. The number of carbonyl (C=O) groups excluding carboxylic acids is 3. The molecule has 27 heavy (non-hydrogen) atoms. The maximum Gasteiger partial charge on any atom is 0.253 e. The van der Waals surface area contributed by atoms with E-state index in [1.54, 1.807) is 23.1 Å². The molecule has 1 saturated heterocycles. The van der Waals surface area contributed by atoms with Crippen molar-refractivity contribution in [3.63, 3.8) is 0 Å². The molecule has 0 saturated carbocycles. The Labute approximate surface area is 157 Å². The van der Waals surface area contributed by atoms with E-state index in [1.807, 2.05) is 23.4 Å². The maximum atomic E-state index is 12.9. The number of H-pyrrole nitrogens is 1. The molecule has 3 amide bonds. The van der Waals surface area contributed by atoms with Crippen molar-refractivity contribution in [2.75, 3.05) is 31.5 Å². The first kappa shape index (κ1) is 17.3. The quantitative estimate of drug-likeness (QED) is 0.862. The summed E-state index contributed by atoms with van der Waals surface area (Å²) >= 11 is 0. The van der Waals surface area contributed by atoms with E-state index in [0.29, 0.717) is 44.6 Å². The molecule has 0 spiro atoms. The van der Waals surface area contributed by atoms with Gasteiger partial charge in [0.05, 0.1) is 12.8 Å². The van der Waals surface area contributed by atoms with Crippen molar-refractivity contribution >= 4 is 23.4 Å². The minimum absolute atomic E-state index is 0.0408. The van der Waals surface area contributed by atoms with Gasteiger partial charge in [-0.2, -0.15) is 0 Å². The average molecular weight is 366 g/mol. The summed E-state index contributed by atoms with van der Waals surface area (Å²) in [5.74, 6) is 0.00375. The van der Waals surface area contributed by atoms with Crippen LogP contribution in [0.3, 0.4) is 0 Å². The van der Waals surface area contributed by atoms with E-state index in [9.17, 15) is 14.4 Å². The Morgan fingerprint density at radius 1 is 1.04 bits per heavy atom. The van der Waals surface area contributed by atoms with Crippen LogP contribution in [0.2, 0.25) is 0 Å². The van der Waals surface area contributed by atoms with Crippen molar-refractivity contribution in [3.05, 3.63) is 53.3 Å². The normalized spacial score (nSPS) is 16.7. The molecule has 0 bridgehead atoms. The lowest BCUT2D eigenvalue weighted by Gasteiger charge is -2.22. The largest absolute Gasteiger partial charge is 0.367 e. The summed E-state index contributed by atoms with van der Waals surface area (Å²) < 4.78 is 0. The highest BCUT2D eigenvalue weighted by molar-refractivity contribution is 6.01. The second kappa shape index (κ2) is 7.26. The highest BCUT2D eigenvalue weighted by Gasteiger charge is 2.25. The van der Waals surface area contributed by atoms with E-state index < -0.39 is 0 Å². The topological polar surface area (TPSA) is 85.5 Å². The predicted octanol–water partition coefficient (Wildman–Crippen LogP) is 1.43. The molecule has 2 aliphatic heterocycles. The molecular weight excluding hydrogens is 344 g/mol. The van der Waals surface area contributed by atoms with Gasteiger partial charge in [0.25, 0.3) is 5.91 Å². The number of hydrogen-bond donors (Lipinski definition) is 2. The summed E-state index contributed by atoms with van der Waals surface area (Å²) in [6, 6.07) is 7.25. The van der Waals surface area contributed by atoms with Gasteiger partial charge in [-0.15, -0.1) is 0 Å². The van der Waals surface area contributed by atoms with Crippen molar-refractivity contribution in [1.82, 2.24) is 14.8 Å². The number of nitrogens with zero attached hydrogens (tertiary/aromatic N) is 2. The van der Waals surface area contributed by atoms with E-state index in [1.165, 1.54) is 0 Å². The number of carbonyl (C=O) groups is 3. The molecule has 4 rings (SSSR count). The first-order valence-corrected chi connectivity index (χ1v) is 9.21. The molecule has 0 aliphatic carbocycles. The fourth-order valence-electron chi connectivity index (χ4n) is 3.67. The van der Waals surface area contributed by atoms with E-state index in [0.717, 1.165) is 23.2 Å². The Morgan fingerprint density at radius 2 is 1.85 bits per heavy atom. The van der Waals surface area contributed by atoms with Crippen LogP contribution in [-0.2, 0) is 22.4 Å². The van der Waals surface area contributed by atoms with Gasteiger partial charge in [0, 0.05) is 49.8 Å². The van der Waals surface area contributed by atoms with Crippen molar-refractivity contribution < 1.29 is 14.4 Å². The number of amides is 3. The second-order valence-corrected chi connectivity index (χ2v) is 7.02. The smallest absolute Gasteiger partial charge is 0.253 e. The summed E-state index contributed by atoms with van der Waals surface area (Å²) in [7, 11) is 0. The van der Waals surface area contributed by atoms with Crippen LogP contribution >= 0.6 is 0 Å². The van der Waals surface area contributed by atoms with Gasteiger partial charge in [0.15, 0.2) is 0 Å². The minimum atomic E-state index is -0.0444. The van der Waals surface area contributed by atoms with Crippen LogP contribution in [0.5, 0.6) is 0 Å². The summed E-state index contributed by atoms with van der Waals surface area (Å²) in [5, 5.41) is 2.78. The van der Waals surface area contributed by atoms with Gasteiger partial charge in [-0.1, -0.05) is 0 Å². The Kier molecular flexibility index (Phi) is 4.66. The molecule has 7 nitrogen and oxygen atoms in total. The van der Waals surface area contributed by atoms with Gasteiger partial charge in [0.1, 0.15) is 0 Å². The molecule has 2 aliphatic rings. The Morgan fingerprint density at radius 3 is 2.67 bits per heavy atom. The number of hydrogen-bond acceptors (Lipinski definition) is 3. The van der Waals surface area contributed by atoms with Crippen LogP contribution in [0.25, 0.3) is 0 Å². The fraction of sp³-hybridized carbons (Fsp3) is 0.350. The van der Waals surface area contributed by atoms with Crippen molar-refractivity contribution in [1.29, 1.82) is 0 Å². The van der Waals surface area contributed by atoms with Crippen molar-refractivity contribution in [2.45, 2.75) is 19.3 Å². The van der Waals surface area contributed by atoms with Crippen LogP contribution < -0.4 is 5.32 Å². The summed E-state index contributed by atoms with van der Waals surface area (Å²) in [4.78, 5) is 43.5. The molecule has 0 atom stereocenters. The molecule has 2 aromatic rings. The van der Waals surface area contributed by atoms with Gasteiger partial charge in [-0.05, 0) is 41.8 Å². The highest BCUT2D eigenvalue weighted by Crippen LogP contribution is 2.24. The Hall–Kier alpha value is -3.09. The van der Waals surface area contributed by atoms with E-state index in [2.05, 4.69) is 10.3 Å². The van der Waals surface area contributed by atoms with Crippen molar-refractivity contribution in [2.24, 2.45) is 0 Å². The number of fused-ring (bicyclic) bond motifs is 1. The summed E-state index contributed by atoms with van der Waals surface area (Å²) in [5.41, 5.74) is 3.22. The highest BCUT2D eigenvalue weighted by atomic mass is 16.2. The molecular formula is C20H22N4O3. The SMILES string of the molecule is O=C1Cc2cc(C(=O)N3CCCN(C(=O)Cc4cc[nH]c4)CC3)ccc2N1. The van der Waals surface area contributed by atoms with Crippen molar-refractivity contribution in [3.8, 4) is 0 Å². The van der Waals surface area contributed by atoms with Gasteiger partial charge >= 0.3 is 0 Å².